The molecule has 0 amide bonds. The van der Waals surface area contributed by atoms with E-state index in [0.717, 1.165) is 22.5 Å². The minimum atomic E-state index is -1.01. The van der Waals surface area contributed by atoms with Crippen molar-refractivity contribution in [3.05, 3.63) is 54.1 Å². The average molecular weight is 356 g/mol. The van der Waals surface area contributed by atoms with Crippen molar-refractivity contribution in [2.75, 3.05) is 20.2 Å². The van der Waals surface area contributed by atoms with Gasteiger partial charge in [-0.2, -0.15) is 0 Å². The molecule has 0 radical (unpaired) electrons. The van der Waals surface area contributed by atoms with Gasteiger partial charge in [-0.3, -0.25) is 9.88 Å². The first-order valence-corrected chi connectivity index (χ1v) is 8.62. The number of H-pyrrole nitrogens is 1. The van der Waals surface area contributed by atoms with Crippen LogP contribution in [0.3, 0.4) is 0 Å². The number of pyridine rings is 1. The fourth-order valence-electron chi connectivity index (χ4n) is 3.24. The lowest BCUT2D eigenvalue weighted by Gasteiger charge is -2.15. The van der Waals surface area contributed by atoms with Gasteiger partial charge in [-0.15, -0.1) is 0 Å². The van der Waals surface area contributed by atoms with Crippen molar-refractivity contribution in [1.29, 1.82) is 0 Å². The zero-order valence-electron chi connectivity index (χ0n) is 14.6. The van der Waals surface area contributed by atoms with Gasteiger partial charge < -0.3 is 14.5 Å². The van der Waals surface area contributed by atoms with E-state index in [9.17, 15) is 4.39 Å². The van der Waals surface area contributed by atoms with Crippen LogP contribution in [-0.2, 0) is 17.9 Å². The predicted octanol–water partition coefficient (Wildman–Crippen LogP) is 2.71. The number of imidazole rings is 1. The summed E-state index contributed by atoms with van der Waals surface area (Å²) in [7, 11) is 1.62. The second kappa shape index (κ2) is 7.39. The molecule has 0 bridgehead atoms. The summed E-state index contributed by atoms with van der Waals surface area (Å²) in [5, 5.41) is 0. The second-order valence-corrected chi connectivity index (χ2v) is 6.45. The highest BCUT2D eigenvalue weighted by Gasteiger charge is 2.33. The highest BCUT2D eigenvalue weighted by Crippen LogP contribution is 2.22. The molecule has 136 valence electrons. The van der Waals surface area contributed by atoms with Crippen LogP contribution in [0.1, 0.15) is 11.5 Å². The largest absolute Gasteiger partial charge is 0.497 e. The molecule has 26 heavy (non-hydrogen) atoms. The third-order valence-electron chi connectivity index (χ3n) is 4.56. The number of halogens is 1. The highest BCUT2D eigenvalue weighted by molar-refractivity contribution is 5.76. The van der Waals surface area contributed by atoms with Crippen LogP contribution >= 0.6 is 0 Å². The Morgan fingerprint density at radius 3 is 3.00 bits per heavy atom. The zero-order valence-corrected chi connectivity index (χ0v) is 14.6. The fraction of sp³-hybridized carbons (Fsp3) is 0.368. The molecule has 2 atom stereocenters. The van der Waals surface area contributed by atoms with Gasteiger partial charge in [0.25, 0.3) is 0 Å². The Morgan fingerprint density at radius 1 is 1.27 bits per heavy atom. The standard InChI is InChI=1S/C19H21FN4O2/c1-25-14-5-6-16-17(8-14)23-19(22-16)12-26-18-11-24(10-15(18)20)9-13-4-2-3-7-21-13/h2-8,15,18H,9-12H2,1H3,(H,22,23)/t15-,18+/m1/s1. The molecular weight excluding hydrogens is 335 g/mol. The molecule has 1 fully saturated rings. The van der Waals surface area contributed by atoms with Crippen LogP contribution in [0.15, 0.2) is 42.6 Å². The number of rotatable bonds is 6. The summed E-state index contributed by atoms with van der Waals surface area (Å²) in [5.41, 5.74) is 2.65. The number of hydrogen-bond acceptors (Lipinski definition) is 5. The zero-order chi connectivity index (χ0) is 17.9. The van der Waals surface area contributed by atoms with E-state index in [1.165, 1.54) is 0 Å². The number of aromatic amines is 1. The quantitative estimate of drug-likeness (QED) is 0.736. The normalized spacial score (nSPS) is 20.7. The third-order valence-corrected chi connectivity index (χ3v) is 4.56. The van der Waals surface area contributed by atoms with Gasteiger partial charge in [-0.1, -0.05) is 6.07 Å². The van der Waals surface area contributed by atoms with E-state index in [4.69, 9.17) is 9.47 Å². The third kappa shape index (κ3) is 3.68. The molecule has 1 saturated heterocycles. The van der Waals surface area contributed by atoms with Crippen molar-refractivity contribution in [1.82, 2.24) is 19.9 Å². The number of alkyl halides is 1. The summed E-state index contributed by atoms with van der Waals surface area (Å²) in [6.07, 6.45) is 0.285. The number of nitrogens with one attached hydrogen (secondary N) is 1. The van der Waals surface area contributed by atoms with E-state index in [2.05, 4.69) is 15.0 Å². The summed E-state index contributed by atoms with van der Waals surface area (Å²) >= 11 is 0. The summed E-state index contributed by atoms with van der Waals surface area (Å²) in [5.74, 6) is 1.45. The van der Waals surface area contributed by atoms with Crippen LogP contribution in [0.5, 0.6) is 5.75 Å². The van der Waals surface area contributed by atoms with Gasteiger partial charge in [0.15, 0.2) is 0 Å². The van der Waals surface area contributed by atoms with E-state index in [1.54, 1.807) is 13.3 Å². The summed E-state index contributed by atoms with van der Waals surface area (Å²) in [6, 6.07) is 11.4. The molecule has 4 rings (SSSR count). The Bertz CT molecular complexity index is 870. The SMILES string of the molecule is COc1ccc2nc(CO[C@H]3CN(Cc4ccccn4)C[C@H]3F)[nH]c2c1. The minimum absolute atomic E-state index is 0.250. The van der Waals surface area contributed by atoms with Gasteiger partial charge in [0.05, 0.1) is 23.8 Å². The predicted molar refractivity (Wildman–Crippen MR) is 95.6 cm³/mol. The van der Waals surface area contributed by atoms with Crippen molar-refractivity contribution >= 4 is 11.0 Å². The molecule has 0 spiro atoms. The van der Waals surface area contributed by atoms with Crippen LogP contribution in [0, 0.1) is 0 Å². The Morgan fingerprint density at radius 2 is 2.19 bits per heavy atom. The Balaban J connectivity index is 1.35. The molecule has 1 aliphatic heterocycles. The lowest BCUT2D eigenvalue weighted by atomic mass is 10.3. The molecule has 0 unspecified atom stereocenters. The smallest absolute Gasteiger partial charge is 0.140 e. The van der Waals surface area contributed by atoms with Crippen molar-refractivity contribution < 1.29 is 13.9 Å². The van der Waals surface area contributed by atoms with Gasteiger partial charge in [0, 0.05) is 31.9 Å². The van der Waals surface area contributed by atoms with E-state index in [-0.39, 0.29) is 6.61 Å². The maximum absolute atomic E-state index is 14.3. The number of ether oxygens (including phenoxy) is 2. The van der Waals surface area contributed by atoms with Crippen LogP contribution < -0.4 is 4.74 Å². The topological polar surface area (TPSA) is 63.3 Å². The molecule has 1 aromatic carbocycles. The Hall–Kier alpha value is -2.51. The summed E-state index contributed by atoms with van der Waals surface area (Å²) < 4.78 is 25.3. The van der Waals surface area contributed by atoms with E-state index >= 15 is 0 Å². The maximum atomic E-state index is 14.3. The van der Waals surface area contributed by atoms with Gasteiger partial charge in [0.2, 0.25) is 0 Å². The molecule has 2 aromatic heterocycles. The number of methoxy groups -OCH3 is 1. The Kier molecular flexibility index (Phi) is 4.81. The molecule has 0 aliphatic carbocycles. The number of fused-ring (bicyclic) bond motifs is 1. The number of hydrogen-bond donors (Lipinski definition) is 1. The summed E-state index contributed by atoms with van der Waals surface area (Å²) in [4.78, 5) is 14.0. The van der Waals surface area contributed by atoms with Gasteiger partial charge in [-0.25, -0.2) is 9.37 Å². The molecule has 3 heterocycles. The van der Waals surface area contributed by atoms with Crippen molar-refractivity contribution in [3.8, 4) is 5.75 Å². The van der Waals surface area contributed by atoms with Crippen LogP contribution in [0.2, 0.25) is 0 Å². The van der Waals surface area contributed by atoms with Crippen LogP contribution in [0.4, 0.5) is 4.39 Å². The van der Waals surface area contributed by atoms with Crippen LogP contribution in [-0.4, -0.2) is 52.3 Å². The lowest BCUT2D eigenvalue weighted by Crippen LogP contribution is -2.24. The second-order valence-electron chi connectivity index (χ2n) is 6.45. The monoisotopic (exact) mass is 356 g/mol. The molecule has 1 aliphatic rings. The first-order chi connectivity index (χ1) is 12.7. The number of nitrogens with zero attached hydrogens (tertiary/aromatic N) is 3. The molecule has 1 N–H and O–H groups in total. The van der Waals surface area contributed by atoms with E-state index in [1.807, 2.05) is 41.3 Å². The molecular formula is C19H21FN4O2. The Labute approximate surface area is 151 Å². The van der Waals surface area contributed by atoms with E-state index in [0.29, 0.717) is 25.5 Å². The van der Waals surface area contributed by atoms with Crippen LogP contribution in [0.25, 0.3) is 11.0 Å². The van der Waals surface area contributed by atoms with Crippen molar-refractivity contribution in [2.45, 2.75) is 25.4 Å². The summed E-state index contributed by atoms with van der Waals surface area (Å²) in [6.45, 7) is 1.79. The average Bonchev–Trinajstić information content (AvgIpc) is 3.22. The number of aromatic nitrogens is 3. The molecule has 6 nitrogen and oxygen atoms in total. The number of likely N-dealkylation sites (tertiary alicyclic amines) is 1. The molecule has 7 heteroatoms. The van der Waals surface area contributed by atoms with Gasteiger partial charge in [0.1, 0.15) is 30.5 Å². The van der Waals surface area contributed by atoms with Crippen molar-refractivity contribution in [2.24, 2.45) is 0 Å². The first-order valence-electron chi connectivity index (χ1n) is 8.62. The fourth-order valence-corrected chi connectivity index (χ4v) is 3.24. The van der Waals surface area contributed by atoms with E-state index < -0.39 is 12.3 Å². The highest BCUT2D eigenvalue weighted by atomic mass is 19.1. The number of benzene rings is 1. The lowest BCUT2D eigenvalue weighted by molar-refractivity contribution is 0.00861. The van der Waals surface area contributed by atoms with Gasteiger partial charge >= 0.3 is 0 Å². The van der Waals surface area contributed by atoms with Gasteiger partial charge in [-0.05, 0) is 24.3 Å². The van der Waals surface area contributed by atoms with Crippen molar-refractivity contribution in [3.63, 3.8) is 0 Å². The molecule has 3 aromatic rings. The molecule has 0 saturated carbocycles. The minimum Gasteiger partial charge on any atom is -0.497 e. The first kappa shape index (κ1) is 16.9. The maximum Gasteiger partial charge on any atom is 0.140 e.